The zero-order valence-electron chi connectivity index (χ0n) is 9.77. The van der Waals surface area contributed by atoms with Crippen molar-refractivity contribution in [3.63, 3.8) is 0 Å². The Morgan fingerprint density at radius 3 is 2.18 bits per heavy atom. The van der Waals surface area contributed by atoms with Crippen molar-refractivity contribution >= 4 is 32.6 Å². The third kappa shape index (κ3) is 3.00. The SMILES string of the molecule is CS(=O)(=O)N1CCC(I)(c2ccccc2)CC1. The molecule has 2 rings (SSSR count). The van der Waals surface area contributed by atoms with Crippen LogP contribution in [0, 0.1) is 0 Å². The Bertz CT molecular complexity index is 478. The Kier molecular flexibility index (Phi) is 3.80. The van der Waals surface area contributed by atoms with Gasteiger partial charge in [-0.15, -0.1) is 0 Å². The van der Waals surface area contributed by atoms with Crippen molar-refractivity contribution in [3.8, 4) is 0 Å². The second kappa shape index (κ2) is 4.85. The first-order valence-corrected chi connectivity index (χ1v) is 8.54. The van der Waals surface area contributed by atoms with Crippen molar-refractivity contribution in [2.75, 3.05) is 19.3 Å². The predicted octanol–water partition coefficient (Wildman–Crippen LogP) is 2.37. The van der Waals surface area contributed by atoms with Crippen LogP contribution in [0.25, 0.3) is 0 Å². The molecule has 0 aliphatic carbocycles. The molecule has 3 nitrogen and oxygen atoms in total. The second-order valence-electron chi connectivity index (χ2n) is 4.49. The van der Waals surface area contributed by atoms with Crippen LogP contribution in [0.2, 0.25) is 0 Å². The molecule has 1 aromatic rings. The van der Waals surface area contributed by atoms with Crippen molar-refractivity contribution < 1.29 is 8.42 Å². The molecule has 0 N–H and O–H groups in total. The van der Waals surface area contributed by atoms with E-state index in [1.165, 1.54) is 11.8 Å². The monoisotopic (exact) mass is 365 g/mol. The summed E-state index contributed by atoms with van der Waals surface area (Å²) in [7, 11) is -3.03. The molecule has 0 aromatic heterocycles. The second-order valence-corrected chi connectivity index (χ2v) is 8.54. The molecule has 0 atom stereocenters. The molecule has 1 heterocycles. The summed E-state index contributed by atoms with van der Waals surface area (Å²) in [5, 5.41) is 0. The van der Waals surface area contributed by atoms with Gasteiger partial charge in [-0.3, -0.25) is 0 Å². The smallest absolute Gasteiger partial charge is 0.211 e. The van der Waals surface area contributed by atoms with Crippen LogP contribution in [0.4, 0.5) is 0 Å². The van der Waals surface area contributed by atoms with Crippen LogP contribution in [-0.4, -0.2) is 32.1 Å². The standard InChI is InChI=1S/C12H16INO2S/c1-17(15,16)14-9-7-12(13,8-10-14)11-5-3-2-4-6-11/h2-6H,7-10H2,1H3. The normalized spacial score (nSPS) is 21.3. The maximum absolute atomic E-state index is 11.5. The van der Waals surface area contributed by atoms with Crippen LogP contribution in [0.5, 0.6) is 0 Å². The summed E-state index contributed by atoms with van der Waals surface area (Å²) in [6.07, 6.45) is 3.05. The first-order chi connectivity index (χ1) is 7.92. The lowest BCUT2D eigenvalue weighted by Crippen LogP contribution is -2.42. The average molecular weight is 365 g/mol. The van der Waals surface area contributed by atoms with E-state index >= 15 is 0 Å². The van der Waals surface area contributed by atoms with E-state index in [-0.39, 0.29) is 3.42 Å². The Morgan fingerprint density at radius 1 is 1.18 bits per heavy atom. The van der Waals surface area contributed by atoms with E-state index in [1.54, 1.807) is 4.31 Å². The van der Waals surface area contributed by atoms with Gasteiger partial charge in [0.15, 0.2) is 0 Å². The van der Waals surface area contributed by atoms with E-state index in [9.17, 15) is 8.42 Å². The lowest BCUT2D eigenvalue weighted by atomic mass is 9.90. The Labute approximate surface area is 116 Å². The molecule has 1 fully saturated rings. The van der Waals surface area contributed by atoms with E-state index in [4.69, 9.17) is 0 Å². The van der Waals surface area contributed by atoms with Gasteiger partial charge in [0.2, 0.25) is 10.0 Å². The zero-order chi connectivity index (χ0) is 12.5. The number of alkyl halides is 1. The number of rotatable bonds is 2. The lowest BCUT2D eigenvalue weighted by molar-refractivity contribution is 0.312. The van der Waals surface area contributed by atoms with Gasteiger partial charge in [-0.1, -0.05) is 52.9 Å². The highest BCUT2D eigenvalue weighted by molar-refractivity contribution is 14.1. The Balaban J connectivity index is 2.13. The summed E-state index contributed by atoms with van der Waals surface area (Å²) in [5.41, 5.74) is 1.30. The highest BCUT2D eigenvalue weighted by Crippen LogP contribution is 2.42. The summed E-state index contributed by atoms with van der Waals surface area (Å²) in [5.74, 6) is 0. The number of halogens is 1. The molecule has 0 spiro atoms. The van der Waals surface area contributed by atoms with Gasteiger partial charge in [0.1, 0.15) is 0 Å². The van der Waals surface area contributed by atoms with Gasteiger partial charge in [0.25, 0.3) is 0 Å². The fourth-order valence-electron chi connectivity index (χ4n) is 2.20. The highest BCUT2D eigenvalue weighted by Gasteiger charge is 2.35. The van der Waals surface area contributed by atoms with E-state index in [0.717, 1.165) is 12.8 Å². The summed E-state index contributed by atoms with van der Waals surface area (Å²) in [6.45, 7) is 1.24. The fourth-order valence-corrected chi connectivity index (χ4v) is 3.89. The number of sulfonamides is 1. The maximum Gasteiger partial charge on any atom is 0.211 e. The minimum Gasteiger partial charge on any atom is -0.213 e. The topological polar surface area (TPSA) is 37.4 Å². The van der Waals surface area contributed by atoms with Gasteiger partial charge in [-0.25, -0.2) is 12.7 Å². The Hall–Kier alpha value is -0.140. The zero-order valence-corrected chi connectivity index (χ0v) is 12.7. The molecule has 1 aliphatic rings. The molecule has 0 unspecified atom stereocenters. The van der Waals surface area contributed by atoms with Crippen LogP contribution >= 0.6 is 22.6 Å². The van der Waals surface area contributed by atoms with Crippen LogP contribution in [0.1, 0.15) is 18.4 Å². The molecule has 0 bridgehead atoms. The van der Waals surface area contributed by atoms with E-state index in [1.807, 2.05) is 18.2 Å². The molecule has 1 aromatic carbocycles. The van der Waals surface area contributed by atoms with Gasteiger partial charge in [0, 0.05) is 16.5 Å². The number of hydrogen-bond donors (Lipinski definition) is 0. The molecule has 17 heavy (non-hydrogen) atoms. The largest absolute Gasteiger partial charge is 0.213 e. The molecule has 0 saturated carbocycles. The summed E-state index contributed by atoms with van der Waals surface area (Å²) < 4.78 is 24.6. The fraction of sp³-hybridized carbons (Fsp3) is 0.500. The molecule has 5 heteroatoms. The van der Waals surface area contributed by atoms with Crippen LogP contribution in [0.15, 0.2) is 30.3 Å². The van der Waals surface area contributed by atoms with E-state index in [2.05, 4.69) is 34.7 Å². The number of nitrogens with zero attached hydrogens (tertiary/aromatic N) is 1. The number of hydrogen-bond acceptors (Lipinski definition) is 2. The van der Waals surface area contributed by atoms with Gasteiger partial charge in [0.05, 0.1) is 6.26 Å². The summed E-state index contributed by atoms with van der Waals surface area (Å²) in [4.78, 5) is 0. The van der Waals surface area contributed by atoms with Crippen molar-refractivity contribution in [3.05, 3.63) is 35.9 Å². The molecule has 1 aliphatic heterocycles. The molecule has 1 saturated heterocycles. The molecule has 94 valence electrons. The van der Waals surface area contributed by atoms with Gasteiger partial charge in [-0.2, -0.15) is 0 Å². The molecule has 0 radical (unpaired) electrons. The van der Waals surface area contributed by atoms with E-state index < -0.39 is 10.0 Å². The quantitative estimate of drug-likeness (QED) is 0.596. The lowest BCUT2D eigenvalue weighted by Gasteiger charge is -2.37. The van der Waals surface area contributed by atoms with Crippen molar-refractivity contribution in [2.45, 2.75) is 16.3 Å². The highest BCUT2D eigenvalue weighted by atomic mass is 127. The average Bonchev–Trinajstić information content (AvgIpc) is 2.29. The van der Waals surface area contributed by atoms with Crippen molar-refractivity contribution in [1.29, 1.82) is 0 Å². The maximum atomic E-state index is 11.5. The predicted molar refractivity (Wildman–Crippen MR) is 77.8 cm³/mol. The Morgan fingerprint density at radius 2 is 1.71 bits per heavy atom. The van der Waals surface area contributed by atoms with Crippen LogP contribution < -0.4 is 0 Å². The van der Waals surface area contributed by atoms with Gasteiger partial charge < -0.3 is 0 Å². The third-order valence-electron chi connectivity index (χ3n) is 3.28. The summed E-state index contributed by atoms with van der Waals surface area (Å²) >= 11 is 2.47. The van der Waals surface area contributed by atoms with E-state index in [0.29, 0.717) is 13.1 Å². The van der Waals surface area contributed by atoms with Crippen molar-refractivity contribution in [1.82, 2.24) is 4.31 Å². The van der Waals surface area contributed by atoms with Crippen molar-refractivity contribution in [2.24, 2.45) is 0 Å². The molecular formula is C12H16INO2S. The first-order valence-electron chi connectivity index (χ1n) is 5.61. The van der Waals surface area contributed by atoms with Gasteiger partial charge in [-0.05, 0) is 18.4 Å². The number of piperidine rings is 1. The summed E-state index contributed by atoms with van der Waals surface area (Å²) in [6, 6.07) is 10.3. The van der Waals surface area contributed by atoms with Gasteiger partial charge >= 0.3 is 0 Å². The first kappa shape index (κ1) is 13.3. The van der Waals surface area contributed by atoms with Crippen LogP contribution in [-0.2, 0) is 13.4 Å². The minimum atomic E-state index is -3.03. The molecular weight excluding hydrogens is 349 g/mol. The molecule has 0 amide bonds. The minimum absolute atomic E-state index is 0.0835. The number of benzene rings is 1. The van der Waals surface area contributed by atoms with Crippen LogP contribution in [0.3, 0.4) is 0 Å². The third-order valence-corrected chi connectivity index (χ3v) is 6.28.